The lowest BCUT2D eigenvalue weighted by atomic mass is 10.2. The maximum Gasteiger partial charge on any atom is 0.260 e. The van der Waals surface area contributed by atoms with Crippen LogP contribution in [0.2, 0.25) is 0 Å². The number of aldehydes is 1. The van der Waals surface area contributed by atoms with Crippen LogP contribution in [0.25, 0.3) is 0 Å². The monoisotopic (exact) mass is 281 g/mol. The highest BCUT2D eigenvalue weighted by atomic mass is 19.1. The summed E-state index contributed by atoms with van der Waals surface area (Å²) in [5, 5.41) is 2.75. The maximum atomic E-state index is 13.2. The minimum Gasteiger partial charge on any atom is -0.481 e. The van der Waals surface area contributed by atoms with E-state index in [1.54, 1.807) is 6.92 Å². The molecule has 4 nitrogen and oxygen atoms in total. The van der Waals surface area contributed by atoms with E-state index in [9.17, 15) is 14.0 Å². The third kappa shape index (κ3) is 5.38. The topological polar surface area (TPSA) is 55.4 Å². The third-order valence-corrected chi connectivity index (χ3v) is 2.79. The fourth-order valence-corrected chi connectivity index (χ4v) is 1.71. The molecular weight excluding hydrogens is 261 g/mol. The fraction of sp³-hybridized carbons (Fsp3) is 0.467. The minimum absolute atomic E-state index is 0.170. The Labute approximate surface area is 118 Å². The smallest absolute Gasteiger partial charge is 0.260 e. The summed E-state index contributed by atoms with van der Waals surface area (Å²) in [5.41, 5.74) is 0.176. The largest absolute Gasteiger partial charge is 0.481 e. The number of nitrogens with one attached hydrogen (secondary N) is 1. The zero-order valence-electron chi connectivity index (χ0n) is 11.8. The Hall–Kier alpha value is -1.91. The molecular formula is C15H20FNO3. The number of hydrogen-bond donors (Lipinski definition) is 1. The van der Waals surface area contributed by atoms with Crippen molar-refractivity contribution in [2.75, 3.05) is 6.54 Å². The van der Waals surface area contributed by atoms with E-state index in [1.807, 2.05) is 0 Å². The quantitative estimate of drug-likeness (QED) is 0.589. The van der Waals surface area contributed by atoms with Crippen molar-refractivity contribution in [2.45, 2.75) is 39.2 Å². The van der Waals surface area contributed by atoms with E-state index in [0.29, 0.717) is 12.8 Å². The molecule has 0 radical (unpaired) electrons. The van der Waals surface area contributed by atoms with Crippen LogP contribution in [0.4, 0.5) is 4.39 Å². The molecule has 110 valence electrons. The van der Waals surface area contributed by atoms with Gasteiger partial charge in [0.15, 0.2) is 6.10 Å². The number of unbranched alkanes of at least 4 members (excludes halogenated alkanes) is 2. The second kappa shape index (κ2) is 8.30. The molecule has 0 aromatic heterocycles. The molecule has 1 aromatic carbocycles. The van der Waals surface area contributed by atoms with E-state index in [1.165, 1.54) is 6.07 Å². The van der Waals surface area contributed by atoms with Gasteiger partial charge in [0.05, 0.1) is 0 Å². The van der Waals surface area contributed by atoms with Gasteiger partial charge in [0.2, 0.25) is 0 Å². The average molecular weight is 281 g/mol. The molecule has 1 amide bonds. The molecule has 1 N–H and O–H groups in total. The molecule has 0 heterocycles. The first-order chi connectivity index (χ1) is 9.56. The van der Waals surface area contributed by atoms with Crippen molar-refractivity contribution in [2.24, 2.45) is 0 Å². The Morgan fingerprint density at radius 1 is 1.40 bits per heavy atom. The molecule has 0 aliphatic rings. The Morgan fingerprint density at radius 2 is 2.15 bits per heavy atom. The second-order valence-corrected chi connectivity index (χ2v) is 4.60. The van der Waals surface area contributed by atoms with Gasteiger partial charge in [-0.1, -0.05) is 19.8 Å². The van der Waals surface area contributed by atoms with Gasteiger partial charge in [0, 0.05) is 18.2 Å². The van der Waals surface area contributed by atoms with Crippen molar-refractivity contribution in [1.29, 1.82) is 0 Å². The van der Waals surface area contributed by atoms with E-state index in [-0.39, 0.29) is 17.2 Å². The highest BCUT2D eigenvalue weighted by Gasteiger charge is 2.14. The molecule has 5 heteroatoms. The van der Waals surface area contributed by atoms with Crippen LogP contribution in [0, 0.1) is 5.82 Å². The van der Waals surface area contributed by atoms with E-state index >= 15 is 0 Å². The van der Waals surface area contributed by atoms with Crippen molar-refractivity contribution in [3.05, 3.63) is 29.6 Å². The molecule has 0 spiro atoms. The summed E-state index contributed by atoms with van der Waals surface area (Å²) < 4.78 is 18.6. The van der Waals surface area contributed by atoms with Crippen molar-refractivity contribution in [1.82, 2.24) is 5.32 Å². The Bertz CT molecular complexity index is 462. The number of hydrogen-bond acceptors (Lipinski definition) is 3. The molecule has 1 rings (SSSR count). The summed E-state index contributed by atoms with van der Waals surface area (Å²) in [6.45, 7) is 4.27. The lowest BCUT2D eigenvalue weighted by molar-refractivity contribution is -0.127. The number of benzene rings is 1. The van der Waals surface area contributed by atoms with Crippen LogP contribution < -0.4 is 10.1 Å². The Morgan fingerprint density at radius 3 is 2.80 bits per heavy atom. The Balaban J connectivity index is 2.52. The van der Waals surface area contributed by atoms with Gasteiger partial charge >= 0.3 is 0 Å². The molecule has 0 saturated heterocycles. The average Bonchev–Trinajstić information content (AvgIpc) is 2.42. The molecule has 1 unspecified atom stereocenters. The van der Waals surface area contributed by atoms with E-state index in [4.69, 9.17) is 4.74 Å². The second-order valence-electron chi connectivity index (χ2n) is 4.60. The molecule has 1 aromatic rings. The van der Waals surface area contributed by atoms with E-state index < -0.39 is 11.9 Å². The van der Waals surface area contributed by atoms with Crippen molar-refractivity contribution in [3.8, 4) is 5.75 Å². The van der Waals surface area contributed by atoms with Crippen LogP contribution in [0.15, 0.2) is 18.2 Å². The Kier molecular flexibility index (Phi) is 6.70. The molecule has 0 bridgehead atoms. The first-order valence-electron chi connectivity index (χ1n) is 6.77. The zero-order chi connectivity index (χ0) is 15.0. The van der Waals surface area contributed by atoms with Crippen LogP contribution in [-0.4, -0.2) is 24.8 Å². The lowest BCUT2D eigenvalue weighted by Crippen LogP contribution is -2.36. The van der Waals surface area contributed by atoms with E-state index in [0.717, 1.165) is 31.4 Å². The number of carbonyl (C=O) groups is 2. The van der Waals surface area contributed by atoms with Crippen molar-refractivity contribution in [3.63, 3.8) is 0 Å². The van der Waals surface area contributed by atoms with Crippen LogP contribution >= 0.6 is 0 Å². The van der Waals surface area contributed by atoms with Gasteiger partial charge in [0.1, 0.15) is 17.9 Å². The molecule has 0 aliphatic heterocycles. The highest BCUT2D eigenvalue weighted by molar-refractivity contribution is 5.81. The first-order valence-corrected chi connectivity index (χ1v) is 6.77. The molecule has 20 heavy (non-hydrogen) atoms. The van der Waals surface area contributed by atoms with Gasteiger partial charge in [-0.05, 0) is 25.5 Å². The van der Waals surface area contributed by atoms with E-state index in [2.05, 4.69) is 12.2 Å². The van der Waals surface area contributed by atoms with Crippen LogP contribution in [0.5, 0.6) is 5.75 Å². The van der Waals surface area contributed by atoms with Crippen molar-refractivity contribution < 1.29 is 18.7 Å². The normalized spacial score (nSPS) is 11.8. The minimum atomic E-state index is -0.738. The van der Waals surface area contributed by atoms with Gasteiger partial charge in [0.25, 0.3) is 5.91 Å². The van der Waals surface area contributed by atoms with Crippen LogP contribution in [0.3, 0.4) is 0 Å². The SMILES string of the molecule is CCCCCNC(=O)C(C)Oc1cc(F)cc(C=O)c1. The van der Waals surface area contributed by atoms with Gasteiger partial charge in [-0.3, -0.25) is 9.59 Å². The summed E-state index contributed by atoms with van der Waals surface area (Å²) in [7, 11) is 0. The predicted molar refractivity (Wildman–Crippen MR) is 74.4 cm³/mol. The third-order valence-electron chi connectivity index (χ3n) is 2.79. The fourth-order valence-electron chi connectivity index (χ4n) is 1.71. The number of halogens is 1. The summed E-state index contributed by atoms with van der Waals surface area (Å²) in [6.07, 6.45) is 2.86. The van der Waals surface area contributed by atoms with Gasteiger partial charge < -0.3 is 10.1 Å². The highest BCUT2D eigenvalue weighted by Crippen LogP contribution is 2.16. The zero-order valence-corrected chi connectivity index (χ0v) is 11.8. The summed E-state index contributed by atoms with van der Waals surface area (Å²) >= 11 is 0. The van der Waals surface area contributed by atoms with Gasteiger partial charge in [-0.15, -0.1) is 0 Å². The molecule has 1 atom stereocenters. The molecule has 0 saturated carbocycles. The number of rotatable bonds is 8. The van der Waals surface area contributed by atoms with Gasteiger partial charge in [-0.25, -0.2) is 4.39 Å². The first kappa shape index (κ1) is 16.1. The summed E-state index contributed by atoms with van der Waals surface area (Å²) in [6, 6.07) is 3.65. The maximum absolute atomic E-state index is 13.2. The van der Waals surface area contributed by atoms with Crippen molar-refractivity contribution >= 4 is 12.2 Å². The predicted octanol–water partition coefficient (Wildman–Crippen LogP) is 2.71. The lowest BCUT2D eigenvalue weighted by Gasteiger charge is -2.15. The van der Waals surface area contributed by atoms with Gasteiger partial charge in [-0.2, -0.15) is 0 Å². The number of carbonyl (C=O) groups excluding carboxylic acids is 2. The van der Waals surface area contributed by atoms with Crippen LogP contribution in [-0.2, 0) is 4.79 Å². The molecule has 0 aliphatic carbocycles. The molecule has 0 fully saturated rings. The summed E-state index contributed by atoms with van der Waals surface area (Å²) in [5.74, 6) is -0.651. The summed E-state index contributed by atoms with van der Waals surface area (Å²) in [4.78, 5) is 22.4. The standard InChI is InChI=1S/C15H20FNO3/c1-3-4-5-6-17-15(19)11(2)20-14-8-12(10-18)7-13(16)9-14/h7-11H,3-6H2,1-2H3,(H,17,19). The number of ether oxygens (including phenoxy) is 1. The van der Waals surface area contributed by atoms with Crippen LogP contribution in [0.1, 0.15) is 43.5 Å². The number of amides is 1.